The van der Waals surface area contributed by atoms with Gasteiger partial charge in [-0.1, -0.05) is 27.2 Å². The summed E-state index contributed by atoms with van der Waals surface area (Å²) in [6.45, 7) is 6.69. The van der Waals surface area contributed by atoms with Crippen LogP contribution in [0.2, 0.25) is 0 Å². The highest BCUT2D eigenvalue weighted by atomic mass is 16.1. The normalized spacial score (nSPS) is 11.5. The zero-order chi connectivity index (χ0) is 8.04. The van der Waals surface area contributed by atoms with Gasteiger partial charge in [-0.3, -0.25) is 0 Å². The molecular weight excluding hydrogens is 124 g/mol. The molecule has 0 aliphatic heterocycles. The first kappa shape index (κ1) is 9.67. The van der Waals surface area contributed by atoms with Gasteiger partial charge in [0.15, 0.2) is 0 Å². The third-order valence-corrected chi connectivity index (χ3v) is 2.13. The molecule has 0 atom stereocenters. The number of carbonyl (C=O) groups excluding carboxylic acids is 1. The largest absolute Gasteiger partial charge is 0.303 e. The molecule has 0 aliphatic rings. The van der Waals surface area contributed by atoms with Gasteiger partial charge in [0.05, 0.1) is 0 Å². The van der Waals surface area contributed by atoms with Crippen molar-refractivity contribution in [1.29, 1.82) is 0 Å². The Bertz CT molecular complexity index is 94.9. The molecule has 0 bridgehead atoms. The van der Waals surface area contributed by atoms with Crippen molar-refractivity contribution in [1.82, 2.24) is 0 Å². The molecule has 0 aromatic heterocycles. The molecule has 0 N–H and O–H groups in total. The minimum atomic E-state index is 0.434. The van der Waals surface area contributed by atoms with E-state index in [-0.39, 0.29) is 0 Å². The lowest BCUT2D eigenvalue weighted by Gasteiger charge is -2.21. The number of hydrogen-bond donors (Lipinski definition) is 0. The molecule has 0 heterocycles. The minimum Gasteiger partial charge on any atom is -0.303 e. The van der Waals surface area contributed by atoms with Crippen molar-refractivity contribution in [2.45, 2.75) is 46.5 Å². The summed E-state index contributed by atoms with van der Waals surface area (Å²) in [4.78, 5) is 9.98. The number of rotatable bonds is 5. The van der Waals surface area contributed by atoms with E-state index in [2.05, 4.69) is 20.8 Å². The second-order valence-corrected chi connectivity index (χ2v) is 3.58. The summed E-state index contributed by atoms with van der Waals surface area (Å²) in [7, 11) is 0. The van der Waals surface area contributed by atoms with Gasteiger partial charge in [0.2, 0.25) is 0 Å². The summed E-state index contributed by atoms with van der Waals surface area (Å²) in [5.41, 5.74) is 0.434. The lowest BCUT2D eigenvalue weighted by Crippen LogP contribution is -2.08. The van der Waals surface area contributed by atoms with Crippen LogP contribution in [0.3, 0.4) is 0 Å². The molecule has 0 spiro atoms. The SMILES string of the molecule is CCC(C)(C)CCCC=O. The van der Waals surface area contributed by atoms with Crippen LogP contribution in [0.25, 0.3) is 0 Å². The monoisotopic (exact) mass is 142 g/mol. The van der Waals surface area contributed by atoms with Crippen molar-refractivity contribution in [3.8, 4) is 0 Å². The van der Waals surface area contributed by atoms with E-state index in [0.717, 1.165) is 19.1 Å². The van der Waals surface area contributed by atoms with Gasteiger partial charge in [-0.05, 0) is 18.3 Å². The average molecular weight is 142 g/mol. The third-order valence-electron chi connectivity index (χ3n) is 2.13. The van der Waals surface area contributed by atoms with E-state index >= 15 is 0 Å². The number of unbranched alkanes of at least 4 members (excludes halogenated alkanes) is 1. The van der Waals surface area contributed by atoms with E-state index in [1.807, 2.05) is 0 Å². The van der Waals surface area contributed by atoms with Gasteiger partial charge in [0.1, 0.15) is 6.29 Å². The maximum absolute atomic E-state index is 9.98. The standard InChI is InChI=1S/C9H18O/c1-4-9(2,3)7-5-6-8-10/h8H,4-7H2,1-3H3. The third kappa shape index (κ3) is 4.54. The predicted molar refractivity (Wildman–Crippen MR) is 44.0 cm³/mol. The molecule has 10 heavy (non-hydrogen) atoms. The van der Waals surface area contributed by atoms with Crippen molar-refractivity contribution in [2.24, 2.45) is 5.41 Å². The first-order valence-electron chi connectivity index (χ1n) is 4.06. The average Bonchev–Trinajstić information content (AvgIpc) is 1.89. The molecule has 0 radical (unpaired) electrons. The highest BCUT2D eigenvalue weighted by molar-refractivity contribution is 5.48. The molecule has 1 heteroatoms. The molecule has 1 nitrogen and oxygen atoms in total. The van der Waals surface area contributed by atoms with Crippen LogP contribution in [-0.4, -0.2) is 6.29 Å². The zero-order valence-electron chi connectivity index (χ0n) is 7.31. The Morgan fingerprint density at radius 1 is 1.40 bits per heavy atom. The molecule has 0 aromatic rings. The molecule has 0 amide bonds. The van der Waals surface area contributed by atoms with E-state index < -0.39 is 0 Å². The molecule has 0 fully saturated rings. The summed E-state index contributed by atoms with van der Waals surface area (Å²) >= 11 is 0. The molecule has 0 saturated carbocycles. The summed E-state index contributed by atoms with van der Waals surface area (Å²) < 4.78 is 0. The Morgan fingerprint density at radius 3 is 2.40 bits per heavy atom. The van der Waals surface area contributed by atoms with Crippen LogP contribution in [0.5, 0.6) is 0 Å². The van der Waals surface area contributed by atoms with Gasteiger partial charge in [-0.15, -0.1) is 0 Å². The Hall–Kier alpha value is -0.330. The van der Waals surface area contributed by atoms with E-state index in [0.29, 0.717) is 5.41 Å². The summed E-state index contributed by atoms with van der Waals surface area (Å²) in [6, 6.07) is 0. The van der Waals surface area contributed by atoms with Crippen LogP contribution < -0.4 is 0 Å². The smallest absolute Gasteiger partial charge is 0.119 e. The van der Waals surface area contributed by atoms with Crippen LogP contribution in [0.1, 0.15) is 46.5 Å². The summed E-state index contributed by atoms with van der Waals surface area (Å²) in [5, 5.41) is 0. The van der Waals surface area contributed by atoms with Crippen molar-refractivity contribution < 1.29 is 4.79 Å². The Labute approximate surface area is 63.8 Å². The van der Waals surface area contributed by atoms with Crippen LogP contribution in [0, 0.1) is 5.41 Å². The van der Waals surface area contributed by atoms with E-state index in [1.54, 1.807) is 0 Å². The van der Waals surface area contributed by atoms with E-state index in [1.165, 1.54) is 12.8 Å². The quantitative estimate of drug-likeness (QED) is 0.426. The first-order valence-corrected chi connectivity index (χ1v) is 4.06. The van der Waals surface area contributed by atoms with Crippen molar-refractivity contribution >= 4 is 6.29 Å². The number of aldehydes is 1. The first-order chi connectivity index (χ1) is 4.62. The predicted octanol–water partition coefficient (Wildman–Crippen LogP) is 2.79. The summed E-state index contributed by atoms with van der Waals surface area (Å²) in [6.07, 6.45) is 5.15. The van der Waals surface area contributed by atoms with Crippen molar-refractivity contribution in [3.05, 3.63) is 0 Å². The van der Waals surface area contributed by atoms with Gasteiger partial charge in [-0.25, -0.2) is 0 Å². The Kier molecular flexibility index (Phi) is 4.33. The number of carbonyl (C=O) groups is 1. The lowest BCUT2D eigenvalue weighted by molar-refractivity contribution is -0.108. The van der Waals surface area contributed by atoms with E-state index in [9.17, 15) is 4.79 Å². The molecule has 60 valence electrons. The van der Waals surface area contributed by atoms with Gasteiger partial charge >= 0.3 is 0 Å². The van der Waals surface area contributed by atoms with Gasteiger partial charge in [0.25, 0.3) is 0 Å². The number of hydrogen-bond acceptors (Lipinski definition) is 1. The highest BCUT2D eigenvalue weighted by Crippen LogP contribution is 2.26. The van der Waals surface area contributed by atoms with E-state index in [4.69, 9.17) is 0 Å². The topological polar surface area (TPSA) is 17.1 Å². The zero-order valence-corrected chi connectivity index (χ0v) is 7.31. The van der Waals surface area contributed by atoms with Gasteiger partial charge < -0.3 is 4.79 Å². The molecule has 0 rings (SSSR count). The molecule has 0 aromatic carbocycles. The van der Waals surface area contributed by atoms with Crippen molar-refractivity contribution in [2.75, 3.05) is 0 Å². The molecular formula is C9H18O. The maximum atomic E-state index is 9.98. The lowest BCUT2D eigenvalue weighted by atomic mass is 9.85. The fourth-order valence-corrected chi connectivity index (χ4v) is 0.841. The second kappa shape index (κ2) is 4.48. The van der Waals surface area contributed by atoms with Crippen molar-refractivity contribution in [3.63, 3.8) is 0 Å². The second-order valence-electron chi connectivity index (χ2n) is 3.58. The molecule has 0 saturated heterocycles. The minimum absolute atomic E-state index is 0.434. The van der Waals surface area contributed by atoms with Gasteiger partial charge in [-0.2, -0.15) is 0 Å². The van der Waals surface area contributed by atoms with Gasteiger partial charge in [0, 0.05) is 6.42 Å². The van der Waals surface area contributed by atoms with Crippen LogP contribution in [0.15, 0.2) is 0 Å². The fourth-order valence-electron chi connectivity index (χ4n) is 0.841. The van der Waals surface area contributed by atoms with Crippen LogP contribution in [-0.2, 0) is 4.79 Å². The Morgan fingerprint density at radius 2 is 2.00 bits per heavy atom. The highest BCUT2D eigenvalue weighted by Gasteiger charge is 2.13. The van der Waals surface area contributed by atoms with Crippen LogP contribution >= 0.6 is 0 Å². The Balaban J connectivity index is 3.36. The maximum Gasteiger partial charge on any atom is 0.119 e. The molecule has 0 aliphatic carbocycles. The fraction of sp³-hybridized carbons (Fsp3) is 0.889. The van der Waals surface area contributed by atoms with Crippen LogP contribution in [0.4, 0.5) is 0 Å². The molecule has 0 unspecified atom stereocenters. The summed E-state index contributed by atoms with van der Waals surface area (Å²) in [5.74, 6) is 0.